The summed E-state index contributed by atoms with van der Waals surface area (Å²) in [6, 6.07) is 57.6. The Morgan fingerprint density at radius 2 is 1.16 bits per heavy atom. The number of hydrogen-bond acceptors (Lipinski definition) is 2. The van der Waals surface area contributed by atoms with Crippen molar-refractivity contribution in [2.75, 3.05) is 4.90 Å². The quantitative estimate of drug-likeness (QED) is 0.182. The van der Waals surface area contributed by atoms with Gasteiger partial charge in [-0.3, -0.25) is 0 Å². The molecular weight excluding hydrogens is 595 g/mol. The van der Waals surface area contributed by atoms with Gasteiger partial charge in [-0.25, -0.2) is 0 Å². The third-order valence-electron chi connectivity index (χ3n) is 11.5. The molecule has 2 saturated carbocycles. The molecule has 2 aliphatic rings. The SMILES string of the molecule is c1ccc(-c2cccc3cccc(-c4ccc(N(c5cccc(C67CCC(CC6)C7)c5)c5ccc6c(c5)oc5ccccc56)cc4)c23)cc1. The highest BCUT2D eigenvalue weighted by Gasteiger charge is 2.45. The van der Waals surface area contributed by atoms with E-state index in [0.29, 0.717) is 5.41 Å². The summed E-state index contributed by atoms with van der Waals surface area (Å²) in [6.45, 7) is 0. The van der Waals surface area contributed by atoms with Crippen LogP contribution in [0, 0.1) is 5.92 Å². The Hall–Kier alpha value is -5.60. The molecule has 2 aliphatic carbocycles. The van der Waals surface area contributed by atoms with Gasteiger partial charge in [0.25, 0.3) is 0 Å². The summed E-state index contributed by atoms with van der Waals surface area (Å²) in [5, 5.41) is 4.84. The molecule has 0 aliphatic heterocycles. The zero-order valence-electron chi connectivity index (χ0n) is 27.5. The Labute approximate surface area is 287 Å². The minimum atomic E-state index is 0.337. The predicted octanol–water partition coefficient (Wildman–Crippen LogP) is 13.4. The molecule has 7 aromatic carbocycles. The lowest BCUT2D eigenvalue weighted by Gasteiger charge is -2.30. The molecule has 8 aromatic rings. The van der Waals surface area contributed by atoms with Gasteiger partial charge in [0, 0.05) is 33.9 Å². The zero-order valence-corrected chi connectivity index (χ0v) is 27.5. The molecule has 10 rings (SSSR count). The molecule has 0 radical (unpaired) electrons. The first-order chi connectivity index (χ1) is 24.2. The molecule has 236 valence electrons. The number of furan rings is 1. The van der Waals surface area contributed by atoms with Crippen LogP contribution in [-0.2, 0) is 5.41 Å². The van der Waals surface area contributed by atoms with E-state index < -0.39 is 0 Å². The van der Waals surface area contributed by atoms with Gasteiger partial charge in [-0.2, -0.15) is 0 Å². The van der Waals surface area contributed by atoms with E-state index in [1.165, 1.54) is 76.4 Å². The fourth-order valence-corrected chi connectivity index (χ4v) is 9.10. The van der Waals surface area contributed by atoms with Gasteiger partial charge in [-0.1, -0.05) is 109 Å². The Bertz CT molecular complexity index is 2480. The highest BCUT2D eigenvalue weighted by atomic mass is 16.3. The standard InChI is InChI=1S/C47H37NO/c1-2-9-33(10-3-1)40-16-6-11-35-12-7-17-41(46(35)40)34-19-21-37(22-20-34)48(38-14-8-13-36(29-38)47-27-25-32(31-47)26-28-47)39-23-24-43-42-15-4-5-18-44(42)49-45(43)30-39/h1-24,29-30,32H,25-28,31H2. The van der Waals surface area contributed by atoms with Gasteiger partial charge in [0.15, 0.2) is 0 Å². The number of anilines is 3. The molecule has 0 unspecified atom stereocenters. The maximum absolute atomic E-state index is 6.40. The van der Waals surface area contributed by atoms with E-state index in [0.717, 1.165) is 39.2 Å². The molecule has 49 heavy (non-hydrogen) atoms. The van der Waals surface area contributed by atoms with Crippen LogP contribution in [0.3, 0.4) is 0 Å². The minimum absolute atomic E-state index is 0.337. The van der Waals surface area contributed by atoms with Crippen molar-refractivity contribution in [2.45, 2.75) is 37.5 Å². The van der Waals surface area contributed by atoms with Crippen molar-refractivity contribution in [2.24, 2.45) is 5.92 Å². The lowest BCUT2D eigenvalue weighted by molar-refractivity contribution is 0.419. The van der Waals surface area contributed by atoms with Crippen molar-refractivity contribution in [3.8, 4) is 22.3 Å². The number of hydrogen-bond donors (Lipinski definition) is 0. The number of fused-ring (bicyclic) bond motifs is 6. The van der Waals surface area contributed by atoms with E-state index in [-0.39, 0.29) is 0 Å². The number of benzene rings is 7. The van der Waals surface area contributed by atoms with Gasteiger partial charge in [-0.15, -0.1) is 0 Å². The van der Waals surface area contributed by atoms with Crippen molar-refractivity contribution >= 4 is 49.8 Å². The van der Waals surface area contributed by atoms with Gasteiger partial charge in [0.05, 0.1) is 0 Å². The predicted molar refractivity (Wildman–Crippen MR) is 205 cm³/mol. The van der Waals surface area contributed by atoms with Gasteiger partial charge < -0.3 is 9.32 Å². The molecule has 2 nitrogen and oxygen atoms in total. The molecule has 2 bridgehead atoms. The van der Waals surface area contributed by atoms with Crippen LogP contribution in [0.2, 0.25) is 0 Å². The van der Waals surface area contributed by atoms with Gasteiger partial charge in [0.1, 0.15) is 11.2 Å². The minimum Gasteiger partial charge on any atom is -0.456 e. The topological polar surface area (TPSA) is 16.4 Å². The van der Waals surface area contributed by atoms with Crippen molar-refractivity contribution in [3.63, 3.8) is 0 Å². The van der Waals surface area contributed by atoms with Gasteiger partial charge in [0.2, 0.25) is 0 Å². The van der Waals surface area contributed by atoms with Crippen molar-refractivity contribution in [1.29, 1.82) is 0 Å². The Morgan fingerprint density at radius 3 is 1.92 bits per heavy atom. The van der Waals surface area contributed by atoms with Crippen LogP contribution in [0.5, 0.6) is 0 Å². The molecule has 0 amide bonds. The van der Waals surface area contributed by atoms with E-state index in [1.807, 2.05) is 6.07 Å². The van der Waals surface area contributed by atoms with E-state index in [4.69, 9.17) is 4.42 Å². The first-order valence-electron chi connectivity index (χ1n) is 17.7. The summed E-state index contributed by atoms with van der Waals surface area (Å²) in [5.41, 5.74) is 12.1. The van der Waals surface area contributed by atoms with E-state index in [2.05, 4.69) is 157 Å². The van der Waals surface area contributed by atoms with Crippen LogP contribution in [0.25, 0.3) is 55.0 Å². The van der Waals surface area contributed by atoms with Gasteiger partial charge in [-0.05, 0) is 124 Å². The van der Waals surface area contributed by atoms with E-state index in [1.54, 1.807) is 0 Å². The summed E-state index contributed by atoms with van der Waals surface area (Å²) in [6.07, 6.45) is 6.72. The summed E-state index contributed by atoms with van der Waals surface area (Å²) in [5.74, 6) is 0.902. The monoisotopic (exact) mass is 631 g/mol. The lowest BCUT2D eigenvalue weighted by Crippen LogP contribution is -2.20. The van der Waals surface area contributed by atoms with Crippen molar-refractivity contribution < 1.29 is 4.42 Å². The molecule has 2 heteroatoms. The van der Waals surface area contributed by atoms with Crippen LogP contribution < -0.4 is 4.90 Å². The smallest absolute Gasteiger partial charge is 0.137 e. The number of rotatable bonds is 6. The first kappa shape index (κ1) is 28.4. The molecule has 1 heterocycles. The molecule has 0 atom stereocenters. The molecule has 0 spiro atoms. The summed E-state index contributed by atoms with van der Waals surface area (Å²) in [7, 11) is 0. The van der Waals surface area contributed by atoms with Gasteiger partial charge >= 0.3 is 0 Å². The summed E-state index contributed by atoms with van der Waals surface area (Å²) >= 11 is 0. The average molecular weight is 632 g/mol. The van der Waals surface area contributed by atoms with Crippen molar-refractivity contribution in [1.82, 2.24) is 0 Å². The van der Waals surface area contributed by atoms with Crippen LogP contribution in [0.1, 0.15) is 37.7 Å². The molecule has 0 N–H and O–H groups in total. The molecule has 1 aromatic heterocycles. The maximum Gasteiger partial charge on any atom is 0.137 e. The normalized spacial score (nSPS) is 18.5. The third kappa shape index (κ3) is 4.70. The van der Waals surface area contributed by atoms with Crippen LogP contribution in [-0.4, -0.2) is 0 Å². The highest BCUT2D eigenvalue weighted by molar-refractivity contribution is 6.07. The highest BCUT2D eigenvalue weighted by Crippen LogP contribution is 2.56. The average Bonchev–Trinajstić information content (AvgIpc) is 3.89. The fraction of sp³-hybridized carbons (Fsp3) is 0.149. The summed E-state index contributed by atoms with van der Waals surface area (Å²) < 4.78 is 6.40. The Balaban J connectivity index is 1.11. The van der Waals surface area contributed by atoms with Crippen LogP contribution in [0.15, 0.2) is 162 Å². The zero-order chi connectivity index (χ0) is 32.4. The van der Waals surface area contributed by atoms with Crippen molar-refractivity contribution in [3.05, 3.63) is 163 Å². The van der Waals surface area contributed by atoms with Crippen LogP contribution in [0.4, 0.5) is 17.1 Å². The second-order valence-electron chi connectivity index (χ2n) is 14.2. The van der Waals surface area contributed by atoms with E-state index >= 15 is 0 Å². The third-order valence-corrected chi connectivity index (χ3v) is 11.5. The van der Waals surface area contributed by atoms with Crippen LogP contribution >= 0.6 is 0 Å². The maximum atomic E-state index is 6.40. The number of nitrogens with zero attached hydrogens (tertiary/aromatic N) is 1. The molecule has 2 fully saturated rings. The molecular formula is C47H37NO. The second-order valence-corrected chi connectivity index (χ2v) is 14.2. The first-order valence-corrected chi connectivity index (χ1v) is 17.7. The Morgan fingerprint density at radius 1 is 0.510 bits per heavy atom. The summed E-state index contributed by atoms with van der Waals surface area (Å²) in [4.78, 5) is 2.41. The number of para-hydroxylation sites is 1. The molecule has 0 saturated heterocycles. The lowest BCUT2D eigenvalue weighted by atomic mass is 9.77. The Kier molecular flexibility index (Phi) is 6.52. The fourth-order valence-electron chi connectivity index (χ4n) is 9.10. The second kappa shape index (κ2) is 11.2. The van der Waals surface area contributed by atoms with E-state index in [9.17, 15) is 0 Å². The largest absolute Gasteiger partial charge is 0.456 e.